The van der Waals surface area contributed by atoms with Gasteiger partial charge in [-0.3, -0.25) is 0 Å². The smallest absolute Gasteiger partial charge is 0.366 e. The summed E-state index contributed by atoms with van der Waals surface area (Å²) in [4.78, 5) is 9.92. The van der Waals surface area contributed by atoms with E-state index in [9.17, 15) is 17.6 Å². The van der Waals surface area contributed by atoms with Gasteiger partial charge in [0.1, 0.15) is 11.6 Å². The first-order valence-corrected chi connectivity index (χ1v) is 9.79. The van der Waals surface area contributed by atoms with E-state index in [0.717, 1.165) is 38.1 Å². The largest absolute Gasteiger partial charge is 0.433 e. The number of benzene rings is 1. The molecule has 0 spiro atoms. The second kappa shape index (κ2) is 9.58. The number of nitrogens with zero attached hydrogens (tertiary/aromatic N) is 3. The lowest BCUT2D eigenvalue weighted by molar-refractivity contribution is -0.141. The van der Waals surface area contributed by atoms with Gasteiger partial charge in [0.2, 0.25) is 5.95 Å². The van der Waals surface area contributed by atoms with Crippen molar-refractivity contribution in [3.63, 3.8) is 0 Å². The normalized spacial score (nSPS) is 15.3. The molecule has 0 atom stereocenters. The van der Waals surface area contributed by atoms with Crippen LogP contribution in [0.3, 0.4) is 0 Å². The summed E-state index contributed by atoms with van der Waals surface area (Å²) in [5.74, 6) is -0.701. The van der Waals surface area contributed by atoms with Gasteiger partial charge in [-0.2, -0.15) is 18.2 Å². The number of likely N-dealkylation sites (tertiary alicyclic amines) is 1. The molecule has 0 amide bonds. The summed E-state index contributed by atoms with van der Waals surface area (Å²) in [6.45, 7) is 3.09. The van der Waals surface area contributed by atoms with Crippen molar-refractivity contribution in [3.05, 3.63) is 46.4 Å². The third kappa shape index (κ3) is 6.43. The Morgan fingerprint density at radius 1 is 1.03 bits per heavy atom. The van der Waals surface area contributed by atoms with E-state index in [2.05, 4.69) is 25.5 Å². The number of anilines is 2. The summed E-state index contributed by atoms with van der Waals surface area (Å²) in [6.07, 6.45) is -1.14. The molecule has 0 bridgehead atoms. The SMILES string of the molecule is Fc1cc(Cl)ccc1CNc1cc(C(F)(F)F)nc(NCCN2CCCCC2)n1. The molecule has 0 unspecified atom stereocenters. The first-order valence-electron chi connectivity index (χ1n) is 9.41. The average Bonchev–Trinajstić information content (AvgIpc) is 2.67. The fourth-order valence-electron chi connectivity index (χ4n) is 3.12. The van der Waals surface area contributed by atoms with E-state index < -0.39 is 17.7 Å². The lowest BCUT2D eigenvalue weighted by Crippen LogP contribution is -2.34. The zero-order valence-electron chi connectivity index (χ0n) is 15.7. The minimum absolute atomic E-state index is 0.0372. The van der Waals surface area contributed by atoms with Crippen LogP contribution < -0.4 is 10.6 Å². The molecule has 3 rings (SSSR count). The van der Waals surface area contributed by atoms with Crippen LogP contribution in [0, 0.1) is 5.82 Å². The molecule has 1 saturated heterocycles. The van der Waals surface area contributed by atoms with Crippen LogP contribution in [0.1, 0.15) is 30.5 Å². The van der Waals surface area contributed by atoms with Crippen LogP contribution in [0.4, 0.5) is 29.3 Å². The number of halogens is 5. The maximum absolute atomic E-state index is 13.9. The maximum Gasteiger partial charge on any atom is 0.433 e. The maximum atomic E-state index is 13.9. The molecule has 2 heterocycles. The van der Waals surface area contributed by atoms with Crippen LogP contribution in [-0.4, -0.2) is 41.0 Å². The lowest BCUT2D eigenvalue weighted by atomic mass is 10.1. The summed E-state index contributed by atoms with van der Waals surface area (Å²) < 4.78 is 53.5. The van der Waals surface area contributed by atoms with Gasteiger partial charge in [-0.15, -0.1) is 0 Å². The Kier molecular flexibility index (Phi) is 7.13. The average molecular weight is 432 g/mol. The molecule has 2 N–H and O–H groups in total. The van der Waals surface area contributed by atoms with Crippen LogP contribution in [0.5, 0.6) is 0 Å². The molecule has 10 heteroatoms. The number of hydrogen-bond acceptors (Lipinski definition) is 5. The Balaban J connectivity index is 1.67. The summed E-state index contributed by atoms with van der Waals surface area (Å²) in [5, 5.41) is 5.84. The van der Waals surface area contributed by atoms with Crippen molar-refractivity contribution in [1.29, 1.82) is 0 Å². The number of nitrogens with one attached hydrogen (secondary N) is 2. The highest BCUT2D eigenvalue weighted by molar-refractivity contribution is 6.30. The zero-order chi connectivity index (χ0) is 20.9. The molecule has 0 aliphatic carbocycles. The highest BCUT2D eigenvalue weighted by Gasteiger charge is 2.33. The third-order valence-corrected chi connectivity index (χ3v) is 4.89. The minimum atomic E-state index is -4.62. The van der Waals surface area contributed by atoms with E-state index in [1.807, 2.05) is 0 Å². The van der Waals surface area contributed by atoms with Gasteiger partial charge < -0.3 is 15.5 Å². The monoisotopic (exact) mass is 431 g/mol. The number of rotatable bonds is 7. The number of alkyl halides is 3. The first kappa shape index (κ1) is 21.6. The van der Waals surface area contributed by atoms with Crippen LogP contribution in [0.15, 0.2) is 24.3 Å². The second-order valence-corrected chi connectivity index (χ2v) is 7.31. The summed E-state index contributed by atoms with van der Waals surface area (Å²) in [6, 6.07) is 4.93. The molecule has 1 fully saturated rings. The van der Waals surface area contributed by atoms with Crippen LogP contribution >= 0.6 is 11.6 Å². The van der Waals surface area contributed by atoms with Crippen molar-refractivity contribution in [2.45, 2.75) is 32.0 Å². The van der Waals surface area contributed by atoms with Crippen LogP contribution in [0.25, 0.3) is 0 Å². The summed E-state index contributed by atoms with van der Waals surface area (Å²) in [7, 11) is 0. The molecule has 158 valence electrons. The van der Waals surface area contributed by atoms with Gasteiger partial charge in [-0.25, -0.2) is 9.37 Å². The Morgan fingerprint density at radius 3 is 2.48 bits per heavy atom. The van der Waals surface area contributed by atoms with Crippen molar-refractivity contribution in [2.75, 3.05) is 36.8 Å². The van der Waals surface area contributed by atoms with E-state index in [1.165, 1.54) is 18.6 Å². The van der Waals surface area contributed by atoms with E-state index in [-0.39, 0.29) is 28.9 Å². The van der Waals surface area contributed by atoms with Crippen molar-refractivity contribution in [3.8, 4) is 0 Å². The Morgan fingerprint density at radius 2 is 1.79 bits per heavy atom. The van der Waals surface area contributed by atoms with Gasteiger partial charge in [-0.1, -0.05) is 24.1 Å². The molecule has 1 aliphatic heterocycles. The molecule has 29 heavy (non-hydrogen) atoms. The fourth-order valence-corrected chi connectivity index (χ4v) is 3.28. The van der Waals surface area contributed by atoms with E-state index in [0.29, 0.717) is 13.1 Å². The lowest BCUT2D eigenvalue weighted by Gasteiger charge is -2.26. The summed E-state index contributed by atoms with van der Waals surface area (Å²) >= 11 is 5.71. The molecular weight excluding hydrogens is 410 g/mol. The molecular formula is C19H22ClF4N5. The van der Waals surface area contributed by atoms with Crippen molar-refractivity contribution >= 4 is 23.4 Å². The molecule has 2 aromatic rings. The van der Waals surface area contributed by atoms with E-state index in [1.54, 1.807) is 0 Å². The van der Waals surface area contributed by atoms with Gasteiger partial charge in [0.05, 0.1) is 0 Å². The number of hydrogen-bond donors (Lipinski definition) is 2. The molecule has 1 aliphatic rings. The second-order valence-electron chi connectivity index (χ2n) is 6.88. The predicted octanol–water partition coefficient (Wildman–Crippen LogP) is 4.80. The van der Waals surface area contributed by atoms with E-state index in [4.69, 9.17) is 11.6 Å². The summed E-state index contributed by atoms with van der Waals surface area (Å²) in [5.41, 5.74) is -0.798. The third-order valence-electron chi connectivity index (χ3n) is 4.65. The number of aromatic nitrogens is 2. The minimum Gasteiger partial charge on any atom is -0.366 e. The number of piperidine rings is 1. The topological polar surface area (TPSA) is 53.1 Å². The highest BCUT2D eigenvalue weighted by Crippen LogP contribution is 2.30. The Bertz CT molecular complexity index is 825. The Labute approximate surface area is 171 Å². The predicted molar refractivity (Wildman–Crippen MR) is 105 cm³/mol. The van der Waals surface area contributed by atoms with E-state index >= 15 is 0 Å². The van der Waals surface area contributed by atoms with Crippen molar-refractivity contribution in [1.82, 2.24) is 14.9 Å². The van der Waals surface area contributed by atoms with Crippen LogP contribution in [0.2, 0.25) is 5.02 Å². The molecule has 0 radical (unpaired) electrons. The molecule has 5 nitrogen and oxygen atoms in total. The van der Waals surface area contributed by atoms with Gasteiger partial charge in [0.25, 0.3) is 0 Å². The quantitative estimate of drug-likeness (QED) is 0.617. The Hall–Kier alpha value is -2.13. The molecule has 1 aromatic carbocycles. The van der Waals surface area contributed by atoms with Gasteiger partial charge in [0.15, 0.2) is 5.69 Å². The van der Waals surface area contributed by atoms with Crippen molar-refractivity contribution in [2.24, 2.45) is 0 Å². The first-order chi connectivity index (χ1) is 13.8. The van der Waals surface area contributed by atoms with Gasteiger partial charge in [-0.05, 0) is 38.1 Å². The standard InChI is InChI=1S/C19H22ClF4N5/c20-14-5-4-13(15(21)10-14)12-26-17-11-16(19(22,23)24)27-18(28-17)25-6-9-29-7-2-1-3-8-29/h4-5,10-11H,1-3,6-9,12H2,(H2,25,26,27,28). The molecule has 1 aromatic heterocycles. The van der Waals surface area contributed by atoms with Crippen molar-refractivity contribution < 1.29 is 17.6 Å². The van der Waals surface area contributed by atoms with Gasteiger partial charge in [0, 0.05) is 36.3 Å². The van der Waals surface area contributed by atoms with Crippen LogP contribution in [-0.2, 0) is 12.7 Å². The fraction of sp³-hybridized carbons (Fsp3) is 0.474. The van der Waals surface area contributed by atoms with Gasteiger partial charge >= 0.3 is 6.18 Å². The molecule has 0 saturated carbocycles. The highest BCUT2D eigenvalue weighted by atomic mass is 35.5. The zero-order valence-corrected chi connectivity index (χ0v) is 16.5.